The Bertz CT molecular complexity index is 423. The highest BCUT2D eigenvalue weighted by Crippen LogP contribution is 2.24. The van der Waals surface area contributed by atoms with Gasteiger partial charge in [-0.15, -0.1) is 24.8 Å². The Hall–Kier alpha value is -0.490. The molecule has 4 nitrogen and oxygen atoms in total. The number of hydrogen-bond donors (Lipinski definition) is 2. The summed E-state index contributed by atoms with van der Waals surface area (Å²) in [7, 11) is 0. The van der Waals surface area contributed by atoms with Crippen LogP contribution in [0.5, 0.6) is 0 Å². The van der Waals surface area contributed by atoms with Gasteiger partial charge in [0, 0.05) is 30.2 Å². The smallest absolute Gasteiger partial charge is 0.221 e. The molecule has 7 heteroatoms. The molecule has 22 heavy (non-hydrogen) atoms. The molecule has 1 amide bonds. The number of nitrogens with zero attached hydrogens (tertiary/aromatic N) is 1. The molecule has 0 spiro atoms. The maximum absolute atomic E-state index is 11.9. The molecule has 0 saturated heterocycles. The van der Waals surface area contributed by atoms with E-state index in [9.17, 15) is 4.79 Å². The molecule has 1 fully saturated rings. The quantitative estimate of drug-likeness (QED) is 0.729. The minimum Gasteiger partial charge on any atom is -0.353 e. The average molecular weight is 366 g/mol. The first kappa shape index (κ1) is 21.5. The number of rotatable bonds is 7. The number of aromatic nitrogens is 1. The third-order valence-electron chi connectivity index (χ3n) is 3.76. The number of nitrogens with two attached hydrogens (primary N) is 1. The molecule has 1 aromatic heterocycles. The highest BCUT2D eigenvalue weighted by atomic mass is 35.5. The van der Waals surface area contributed by atoms with Gasteiger partial charge in [-0.2, -0.15) is 11.8 Å². The Balaban J connectivity index is 0.00000220. The van der Waals surface area contributed by atoms with E-state index in [0.29, 0.717) is 24.9 Å². The Kier molecular flexibility index (Phi) is 11.7. The molecule has 1 aliphatic rings. The molecular weight excluding hydrogens is 341 g/mol. The van der Waals surface area contributed by atoms with Crippen molar-refractivity contribution in [2.45, 2.75) is 37.5 Å². The Morgan fingerprint density at radius 2 is 2.18 bits per heavy atom. The minimum absolute atomic E-state index is 0. The Morgan fingerprint density at radius 3 is 2.86 bits per heavy atom. The fourth-order valence-electron chi connectivity index (χ4n) is 2.61. The molecule has 126 valence electrons. The van der Waals surface area contributed by atoms with E-state index in [0.717, 1.165) is 30.0 Å². The summed E-state index contributed by atoms with van der Waals surface area (Å²) in [6, 6.07) is 6.21. The fourth-order valence-corrected chi connectivity index (χ4v) is 3.47. The van der Waals surface area contributed by atoms with E-state index < -0.39 is 0 Å². The third-order valence-corrected chi connectivity index (χ3v) is 4.75. The van der Waals surface area contributed by atoms with Crippen molar-refractivity contribution in [3.63, 3.8) is 0 Å². The zero-order valence-electron chi connectivity index (χ0n) is 12.6. The average Bonchev–Trinajstić information content (AvgIpc) is 2.92. The maximum atomic E-state index is 11.9. The van der Waals surface area contributed by atoms with Crippen molar-refractivity contribution in [1.29, 1.82) is 0 Å². The zero-order valence-corrected chi connectivity index (χ0v) is 15.0. The molecule has 0 aliphatic heterocycles. The van der Waals surface area contributed by atoms with Crippen LogP contribution in [0, 0.1) is 5.92 Å². The molecule has 1 aromatic rings. The first-order valence-corrected chi connectivity index (χ1v) is 8.42. The normalized spacial score (nSPS) is 19.9. The van der Waals surface area contributed by atoms with Gasteiger partial charge in [0.15, 0.2) is 0 Å². The molecule has 0 bridgehead atoms. The SMILES string of the molecule is Cl.Cl.NCC1CCCC1NC(=O)CCSCc1ccccn1. The summed E-state index contributed by atoms with van der Waals surface area (Å²) in [5.74, 6) is 2.33. The number of pyridine rings is 1. The van der Waals surface area contributed by atoms with E-state index in [4.69, 9.17) is 5.73 Å². The van der Waals surface area contributed by atoms with Crippen LogP contribution in [-0.4, -0.2) is 29.2 Å². The Labute approximate surface area is 149 Å². The summed E-state index contributed by atoms with van der Waals surface area (Å²) < 4.78 is 0. The van der Waals surface area contributed by atoms with Gasteiger partial charge < -0.3 is 11.1 Å². The van der Waals surface area contributed by atoms with E-state index in [1.165, 1.54) is 6.42 Å². The van der Waals surface area contributed by atoms with Crippen molar-refractivity contribution >= 4 is 42.5 Å². The second kappa shape index (κ2) is 12.0. The lowest BCUT2D eigenvalue weighted by Crippen LogP contribution is -2.39. The molecule has 2 rings (SSSR count). The molecule has 1 heterocycles. The van der Waals surface area contributed by atoms with E-state index in [1.54, 1.807) is 18.0 Å². The number of hydrogen-bond acceptors (Lipinski definition) is 4. The van der Waals surface area contributed by atoms with Crippen LogP contribution in [0.3, 0.4) is 0 Å². The predicted octanol–water partition coefficient (Wildman–Crippen LogP) is 2.79. The van der Waals surface area contributed by atoms with Crippen LogP contribution in [0.1, 0.15) is 31.4 Å². The van der Waals surface area contributed by atoms with Gasteiger partial charge in [-0.3, -0.25) is 9.78 Å². The lowest BCUT2D eigenvalue weighted by Gasteiger charge is -2.19. The van der Waals surface area contributed by atoms with Gasteiger partial charge in [0.05, 0.1) is 5.69 Å². The molecule has 2 atom stereocenters. The first-order valence-electron chi connectivity index (χ1n) is 7.26. The standard InChI is InChI=1S/C15H23N3OS.2ClH/c16-10-12-4-3-6-14(12)18-15(19)7-9-20-11-13-5-1-2-8-17-13;;/h1-2,5,8,12,14H,3-4,6-7,9-11,16H2,(H,18,19);2*1H. The monoisotopic (exact) mass is 365 g/mol. The van der Waals surface area contributed by atoms with Gasteiger partial charge in [-0.25, -0.2) is 0 Å². The first-order chi connectivity index (χ1) is 9.79. The summed E-state index contributed by atoms with van der Waals surface area (Å²) in [6.07, 6.45) is 5.78. The van der Waals surface area contributed by atoms with Crippen molar-refractivity contribution in [2.75, 3.05) is 12.3 Å². The molecule has 0 aromatic carbocycles. The van der Waals surface area contributed by atoms with Crippen molar-refractivity contribution in [2.24, 2.45) is 11.7 Å². The van der Waals surface area contributed by atoms with Crippen molar-refractivity contribution in [3.05, 3.63) is 30.1 Å². The molecule has 3 N–H and O–H groups in total. The van der Waals surface area contributed by atoms with E-state index in [-0.39, 0.29) is 30.7 Å². The molecule has 2 unspecified atom stereocenters. The second-order valence-electron chi connectivity index (χ2n) is 5.22. The minimum atomic E-state index is 0. The van der Waals surface area contributed by atoms with Gasteiger partial charge in [0.25, 0.3) is 0 Å². The van der Waals surface area contributed by atoms with Gasteiger partial charge in [0.2, 0.25) is 5.91 Å². The summed E-state index contributed by atoms with van der Waals surface area (Å²) in [5.41, 5.74) is 6.79. The fraction of sp³-hybridized carbons (Fsp3) is 0.600. The number of carbonyl (C=O) groups excluding carboxylic acids is 1. The lowest BCUT2D eigenvalue weighted by molar-refractivity contribution is -0.121. The number of halogens is 2. The molecule has 0 radical (unpaired) electrons. The number of nitrogens with one attached hydrogen (secondary N) is 1. The number of amides is 1. The lowest BCUT2D eigenvalue weighted by atomic mass is 10.0. The van der Waals surface area contributed by atoms with Crippen LogP contribution in [-0.2, 0) is 10.5 Å². The van der Waals surface area contributed by atoms with Gasteiger partial charge in [-0.05, 0) is 37.4 Å². The van der Waals surface area contributed by atoms with Crippen LogP contribution < -0.4 is 11.1 Å². The topological polar surface area (TPSA) is 68.0 Å². The van der Waals surface area contributed by atoms with E-state index in [2.05, 4.69) is 10.3 Å². The number of thioether (sulfide) groups is 1. The summed E-state index contributed by atoms with van der Waals surface area (Å²) in [6.45, 7) is 0.680. The van der Waals surface area contributed by atoms with Gasteiger partial charge >= 0.3 is 0 Å². The molecule has 1 saturated carbocycles. The molecule has 1 aliphatic carbocycles. The highest BCUT2D eigenvalue weighted by Gasteiger charge is 2.26. The second-order valence-corrected chi connectivity index (χ2v) is 6.33. The van der Waals surface area contributed by atoms with Gasteiger partial charge in [0.1, 0.15) is 0 Å². The van der Waals surface area contributed by atoms with Gasteiger partial charge in [-0.1, -0.05) is 12.5 Å². The van der Waals surface area contributed by atoms with Crippen LogP contribution in [0.15, 0.2) is 24.4 Å². The van der Waals surface area contributed by atoms with E-state index >= 15 is 0 Å². The predicted molar refractivity (Wildman–Crippen MR) is 97.8 cm³/mol. The van der Waals surface area contributed by atoms with Crippen molar-refractivity contribution in [1.82, 2.24) is 10.3 Å². The van der Waals surface area contributed by atoms with Crippen LogP contribution in [0.25, 0.3) is 0 Å². The Morgan fingerprint density at radius 1 is 1.36 bits per heavy atom. The summed E-state index contributed by atoms with van der Waals surface area (Å²) >= 11 is 1.75. The van der Waals surface area contributed by atoms with E-state index in [1.807, 2.05) is 18.2 Å². The largest absolute Gasteiger partial charge is 0.353 e. The molecular formula is C15H25Cl2N3OS. The van der Waals surface area contributed by atoms with Crippen LogP contribution in [0.4, 0.5) is 0 Å². The van der Waals surface area contributed by atoms with Crippen LogP contribution in [0.2, 0.25) is 0 Å². The highest BCUT2D eigenvalue weighted by molar-refractivity contribution is 7.98. The maximum Gasteiger partial charge on any atom is 0.221 e. The van der Waals surface area contributed by atoms with Crippen molar-refractivity contribution < 1.29 is 4.79 Å². The summed E-state index contributed by atoms with van der Waals surface area (Å²) in [4.78, 5) is 16.2. The van der Waals surface area contributed by atoms with Crippen LogP contribution >= 0.6 is 36.6 Å². The zero-order chi connectivity index (χ0) is 14.2. The third kappa shape index (κ3) is 7.18. The summed E-state index contributed by atoms with van der Waals surface area (Å²) in [5, 5.41) is 3.13. The van der Waals surface area contributed by atoms with Crippen molar-refractivity contribution in [3.8, 4) is 0 Å². The number of carbonyl (C=O) groups is 1.